The largest absolute Gasteiger partial charge is 0.309 e. The van der Waals surface area contributed by atoms with Crippen molar-refractivity contribution in [2.24, 2.45) is 0 Å². The highest BCUT2D eigenvalue weighted by atomic mass is 15.0. The third kappa shape index (κ3) is 4.64. The van der Waals surface area contributed by atoms with Gasteiger partial charge in [0.05, 0.1) is 0 Å². The molecule has 0 amide bonds. The Bertz CT molecular complexity index is 456. The molecule has 1 heterocycles. The van der Waals surface area contributed by atoms with E-state index in [1.807, 2.05) is 12.3 Å². The molecule has 0 unspecified atom stereocenters. The highest BCUT2D eigenvalue weighted by Crippen LogP contribution is 2.27. The molecule has 1 aromatic rings. The Kier molecular flexibility index (Phi) is 6.51. The van der Waals surface area contributed by atoms with Gasteiger partial charge in [-0.1, -0.05) is 25.1 Å². The number of rotatable bonds is 6. The molecular formula is C17H26N2. The van der Waals surface area contributed by atoms with E-state index in [-0.39, 0.29) is 0 Å². The first-order chi connectivity index (χ1) is 9.10. The van der Waals surface area contributed by atoms with Crippen LogP contribution < -0.4 is 0 Å². The summed E-state index contributed by atoms with van der Waals surface area (Å²) in [6.07, 6.45) is 8.52. The fourth-order valence-electron chi connectivity index (χ4n) is 2.17. The smallest absolute Gasteiger partial charge is 0.0450 e. The summed E-state index contributed by atoms with van der Waals surface area (Å²) in [6.45, 7) is 7.46. The number of hydrogen-bond acceptors (Lipinski definition) is 2. The van der Waals surface area contributed by atoms with Gasteiger partial charge in [-0.05, 0) is 58.0 Å². The minimum Gasteiger partial charge on any atom is -0.309 e. The lowest BCUT2D eigenvalue weighted by molar-refractivity contribution is 0.414. The third-order valence-electron chi connectivity index (χ3n) is 3.23. The Morgan fingerprint density at radius 1 is 1.37 bits per heavy atom. The zero-order chi connectivity index (χ0) is 14.3. The van der Waals surface area contributed by atoms with Crippen molar-refractivity contribution in [3.63, 3.8) is 0 Å². The minimum atomic E-state index is 1.04. The summed E-state index contributed by atoms with van der Waals surface area (Å²) in [5.41, 5.74) is 5.12. The fourth-order valence-corrected chi connectivity index (χ4v) is 2.17. The van der Waals surface area contributed by atoms with Crippen LogP contribution in [0.4, 0.5) is 0 Å². The quantitative estimate of drug-likeness (QED) is 0.715. The monoisotopic (exact) mass is 258 g/mol. The standard InChI is InChI=1S/C17H26N2/c1-6-9-17(15(7-2)11-13-19(4)5)16-10-8-12-18-14(16)3/h7-10,12H,6,11,13H2,1-5H3/b15-7+,17-9-. The molecule has 1 aromatic heterocycles. The summed E-state index contributed by atoms with van der Waals surface area (Å²) in [5.74, 6) is 0. The lowest BCUT2D eigenvalue weighted by atomic mass is 9.93. The first-order valence-electron chi connectivity index (χ1n) is 7.02. The molecule has 0 N–H and O–H groups in total. The van der Waals surface area contributed by atoms with Crippen molar-refractivity contribution in [3.8, 4) is 0 Å². The number of aryl methyl sites for hydroxylation is 1. The van der Waals surface area contributed by atoms with E-state index in [2.05, 4.69) is 63.0 Å². The highest BCUT2D eigenvalue weighted by Gasteiger charge is 2.10. The van der Waals surface area contributed by atoms with Crippen LogP contribution in [-0.2, 0) is 0 Å². The maximum Gasteiger partial charge on any atom is 0.0450 e. The molecule has 0 aromatic carbocycles. The van der Waals surface area contributed by atoms with Gasteiger partial charge in [-0.2, -0.15) is 0 Å². The summed E-state index contributed by atoms with van der Waals surface area (Å²) >= 11 is 0. The van der Waals surface area contributed by atoms with Gasteiger partial charge in [0.15, 0.2) is 0 Å². The molecule has 0 bridgehead atoms. The van der Waals surface area contributed by atoms with Crippen LogP contribution in [0.1, 0.15) is 37.9 Å². The van der Waals surface area contributed by atoms with E-state index in [0.717, 1.165) is 25.1 Å². The van der Waals surface area contributed by atoms with Crippen molar-refractivity contribution in [3.05, 3.63) is 47.3 Å². The number of hydrogen-bond donors (Lipinski definition) is 0. The van der Waals surface area contributed by atoms with Gasteiger partial charge in [0.25, 0.3) is 0 Å². The predicted octanol–water partition coefficient (Wildman–Crippen LogP) is 4.08. The van der Waals surface area contributed by atoms with Crippen LogP contribution in [0.2, 0.25) is 0 Å². The van der Waals surface area contributed by atoms with Crippen LogP contribution in [0.15, 0.2) is 36.1 Å². The van der Waals surface area contributed by atoms with E-state index in [9.17, 15) is 0 Å². The zero-order valence-corrected chi connectivity index (χ0v) is 12.9. The summed E-state index contributed by atoms with van der Waals surface area (Å²) < 4.78 is 0. The Balaban J connectivity index is 3.07. The first-order valence-corrected chi connectivity index (χ1v) is 7.02. The molecule has 0 aliphatic rings. The molecule has 0 fully saturated rings. The summed E-state index contributed by atoms with van der Waals surface area (Å²) in [7, 11) is 4.23. The third-order valence-corrected chi connectivity index (χ3v) is 3.23. The molecule has 104 valence electrons. The number of nitrogens with zero attached hydrogens (tertiary/aromatic N) is 2. The van der Waals surface area contributed by atoms with Crippen LogP contribution in [0, 0.1) is 6.92 Å². The van der Waals surface area contributed by atoms with E-state index in [1.54, 1.807) is 0 Å². The lowest BCUT2D eigenvalue weighted by Gasteiger charge is -2.16. The molecule has 0 aliphatic carbocycles. The second kappa shape index (κ2) is 7.90. The van der Waals surface area contributed by atoms with Gasteiger partial charge in [0.1, 0.15) is 0 Å². The number of aromatic nitrogens is 1. The molecule has 0 aliphatic heterocycles. The first kappa shape index (κ1) is 15.6. The Labute approximate surface area is 117 Å². The Morgan fingerprint density at radius 2 is 2.11 bits per heavy atom. The van der Waals surface area contributed by atoms with Crippen molar-refractivity contribution in [2.45, 2.75) is 33.6 Å². The summed E-state index contributed by atoms with van der Waals surface area (Å²) in [4.78, 5) is 6.64. The molecular weight excluding hydrogens is 232 g/mol. The van der Waals surface area contributed by atoms with Crippen molar-refractivity contribution in [1.29, 1.82) is 0 Å². The van der Waals surface area contributed by atoms with Crippen molar-refractivity contribution in [2.75, 3.05) is 20.6 Å². The maximum atomic E-state index is 4.42. The topological polar surface area (TPSA) is 16.1 Å². The molecule has 0 radical (unpaired) electrons. The number of allylic oxidation sites excluding steroid dienone is 3. The fraction of sp³-hybridized carbons (Fsp3) is 0.471. The molecule has 1 rings (SSSR count). The van der Waals surface area contributed by atoms with Gasteiger partial charge < -0.3 is 4.90 Å². The average Bonchev–Trinajstić information content (AvgIpc) is 2.38. The van der Waals surface area contributed by atoms with Gasteiger partial charge in [-0.15, -0.1) is 0 Å². The van der Waals surface area contributed by atoms with Gasteiger partial charge in [0, 0.05) is 24.0 Å². The lowest BCUT2D eigenvalue weighted by Crippen LogP contribution is -2.14. The zero-order valence-electron chi connectivity index (χ0n) is 12.9. The van der Waals surface area contributed by atoms with E-state index in [4.69, 9.17) is 0 Å². The van der Waals surface area contributed by atoms with Crippen LogP contribution in [0.3, 0.4) is 0 Å². The van der Waals surface area contributed by atoms with Crippen molar-refractivity contribution >= 4 is 5.57 Å². The van der Waals surface area contributed by atoms with Crippen LogP contribution >= 0.6 is 0 Å². The van der Waals surface area contributed by atoms with E-state index in [0.29, 0.717) is 0 Å². The van der Waals surface area contributed by atoms with Gasteiger partial charge in [-0.3, -0.25) is 4.98 Å². The highest BCUT2D eigenvalue weighted by molar-refractivity contribution is 5.79. The summed E-state index contributed by atoms with van der Waals surface area (Å²) in [5, 5.41) is 0. The maximum absolute atomic E-state index is 4.42. The SMILES string of the molecule is C/C=C(CCN(C)C)/C(=C/CC)c1cccnc1C. The van der Waals surface area contributed by atoms with Gasteiger partial charge in [-0.25, -0.2) is 0 Å². The Morgan fingerprint density at radius 3 is 2.63 bits per heavy atom. The van der Waals surface area contributed by atoms with Crippen LogP contribution in [-0.4, -0.2) is 30.5 Å². The van der Waals surface area contributed by atoms with Crippen molar-refractivity contribution in [1.82, 2.24) is 9.88 Å². The number of pyridine rings is 1. The molecule has 0 saturated carbocycles. The second-order valence-corrected chi connectivity index (χ2v) is 5.03. The van der Waals surface area contributed by atoms with Crippen LogP contribution in [0.5, 0.6) is 0 Å². The predicted molar refractivity (Wildman–Crippen MR) is 84.2 cm³/mol. The summed E-state index contributed by atoms with van der Waals surface area (Å²) in [6, 6.07) is 4.19. The Hall–Kier alpha value is -1.41. The molecule has 2 nitrogen and oxygen atoms in total. The molecule has 0 spiro atoms. The molecule has 2 heteroatoms. The van der Waals surface area contributed by atoms with E-state index < -0.39 is 0 Å². The average molecular weight is 258 g/mol. The van der Waals surface area contributed by atoms with Gasteiger partial charge >= 0.3 is 0 Å². The second-order valence-electron chi connectivity index (χ2n) is 5.03. The normalized spacial score (nSPS) is 13.2. The van der Waals surface area contributed by atoms with Crippen LogP contribution in [0.25, 0.3) is 5.57 Å². The minimum absolute atomic E-state index is 1.04. The van der Waals surface area contributed by atoms with Crippen molar-refractivity contribution < 1.29 is 0 Å². The molecule has 0 atom stereocenters. The van der Waals surface area contributed by atoms with E-state index >= 15 is 0 Å². The van der Waals surface area contributed by atoms with Gasteiger partial charge in [0.2, 0.25) is 0 Å². The van der Waals surface area contributed by atoms with E-state index in [1.165, 1.54) is 16.7 Å². The molecule has 0 saturated heterocycles. The molecule has 19 heavy (non-hydrogen) atoms.